The minimum Gasteiger partial charge on any atom is -0.331 e. The van der Waals surface area contributed by atoms with Crippen LogP contribution in [0.4, 0.5) is 0 Å². The summed E-state index contributed by atoms with van der Waals surface area (Å²) in [6, 6.07) is 6.35. The zero-order valence-corrected chi connectivity index (χ0v) is 11.9. The van der Waals surface area contributed by atoms with Gasteiger partial charge in [-0.3, -0.25) is 4.68 Å². The van der Waals surface area contributed by atoms with Gasteiger partial charge in [-0.05, 0) is 49.3 Å². The van der Waals surface area contributed by atoms with Gasteiger partial charge in [-0.1, -0.05) is 6.07 Å². The van der Waals surface area contributed by atoms with Crippen LogP contribution in [-0.2, 0) is 13.1 Å². The predicted octanol–water partition coefficient (Wildman–Crippen LogP) is 3.21. The van der Waals surface area contributed by atoms with E-state index in [2.05, 4.69) is 39.8 Å². The van der Waals surface area contributed by atoms with Crippen LogP contribution >= 0.6 is 12.2 Å². The Labute approximate surface area is 116 Å². The third-order valence-corrected chi connectivity index (χ3v) is 3.57. The summed E-state index contributed by atoms with van der Waals surface area (Å²) in [7, 11) is 0. The second-order valence-electron chi connectivity index (χ2n) is 4.88. The van der Waals surface area contributed by atoms with Gasteiger partial charge in [0.1, 0.15) is 0 Å². The minimum absolute atomic E-state index is 0.768. The molecule has 0 spiro atoms. The molecular formula is C14H16N4S. The molecule has 1 aromatic carbocycles. The molecule has 0 saturated carbocycles. The van der Waals surface area contributed by atoms with Crippen molar-refractivity contribution in [3.63, 3.8) is 0 Å². The van der Waals surface area contributed by atoms with E-state index in [1.807, 2.05) is 24.0 Å². The Balaban J connectivity index is 1.92. The number of benzene rings is 1. The summed E-state index contributed by atoms with van der Waals surface area (Å²) in [6.45, 7) is 5.77. The van der Waals surface area contributed by atoms with Gasteiger partial charge in [-0.2, -0.15) is 5.10 Å². The van der Waals surface area contributed by atoms with Gasteiger partial charge in [0, 0.05) is 12.7 Å². The Kier molecular flexibility index (Phi) is 2.98. The van der Waals surface area contributed by atoms with Gasteiger partial charge in [0.25, 0.3) is 0 Å². The van der Waals surface area contributed by atoms with E-state index in [4.69, 9.17) is 12.2 Å². The van der Waals surface area contributed by atoms with Crippen LogP contribution in [0.25, 0.3) is 11.0 Å². The standard InChI is InChI=1S/C14H16N4S/c1-10-3-4-13-12(7-10)16-14(19)18(13)6-5-17-9-11(2)8-15-17/h3-4,7-9H,5-6H2,1-2H3,(H,16,19). The summed E-state index contributed by atoms with van der Waals surface area (Å²) in [4.78, 5) is 3.26. The fraction of sp³-hybridized carbons (Fsp3) is 0.286. The molecule has 0 aliphatic carbocycles. The van der Waals surface area contributed by atoms with Crippen molar-refractivity contribution in [1.82, 2.24) is 19.3 Å². The summed E-state index contributed by atoms with van der Waals surface area (Å²) in [6.07, 6.45) is 3.92. The van der Waals surface area contributed by atoms with Crippen molar-refractivity contribution >= 4 is 23.3 Å². The fourth-order valence-electron chi connectivity index (χ4n) is 2.29. The van der Waals surface area contributed by atoms with E-state index in [9.17, 15) is 0 Å². The third kappa shape index (κ3) is 2.33. The van der Waals surface area contributed by atoms with Crippen LogP contribution < -0.4 is 0 Å². The Bertz CT molecular complexity index is 778. The Morgan fingerprint density at radius 2 is 2.05 bits per heavy atom. The van der Waals surface area contributed by atoms with Crippen molar-refractivity contribution in [2.24, 2.45) is 0 Å². The number of fused-ring (bicyclic) bond motifs is 1. The lowest BCUT2D eigenvalue weighted by Gasteiger charge is -2.05. The topological polar surface area (TPSA) is 38.5 Å². The first-order chi connectivity index (χ1) is 9.13. The number of aromatic amines is 1. The lowest BCUT2D eigenvalue weighted by atomic mass is 10.2. The molecule has 5 heteroatoms. The number of nitrogens with one attached hydrogen (secondary N) is 1. The quantitative estimate of drug-likeness (QED) is 0.744. The van der Waals surface area contributed by atoms with E-state index in [0.29, 0.717) is 0 Å². The molecule has 0 bridgehead atoms. The summed E-state index contributed by atoms with van der Waals surface area (Å²) >= 11 is 5.39. The zero-order valence-electron chi connectivity index (χ0n) is 11.1. The molecule has 1 N–H and O–H groups in total. The van der Waals surface area contributed by atoms with Crippen LogP contribution in [0.2, 0.25) is 0 Å². The van der Waals surface area contributed by atoms with Crippen molar-refractivity contribution in [1.29, 1.82) is 0 Å². The molecule has 4 nitrogen and oxygen atoms in total. The average molecular weight is 272 g/mol. The molecule has 0 aliphatic heterocycles. The summed E-state index contributed by atoms with van der Waals surface area (Å²) < 4.78 is 4.84. The van der Waals surface area contributed by atoms with Gasteiger partial charge >= 0.3 is 0 Å². The van der Waals surface area contributed by atoms with E-state index in [0.717, 1.165) is 28.9 Å². The number of nitrogens with zero attached hydrogens (tertiary/aromatic N) is 3. The third-order valence-electron chi connectivity index (χ3n) is 3.24. The zero-order chi connectivity index (χ0) is 13.4. The van der Waals surface area contributed by atoms with E-state index >= 15 is 0 Å². The van der Waals surface area contributed by atoms with Gasteiger partial charge in [0.2, 0.25) is 0 Å². The van der Waals surface area contributed by atoms with Crippen molar-refractivity contribution in [2.45, 2.75) is 26.9 Å². The molecule has 0 saturated heterocycles. The fourth-order valence-corrected chi connectivity index (χ4v) is 2.59. The first-order valence-corrected chi connectivity index (χ1v) is 6.72. The van der Waals surface area contributed by atoms with Crippen molar-refractivity contribution in [3.05, 3.63) is 46.5 Å². The van der Waals surface area contributed by atoms with Gasteiger partial charge in [0.15, 0.2) is 4.77 Å². The van der Waals surface area contributed by atoms with Gasteiger partial charge in [0.05, 0.1) is 23.8 Å². The number of aromatic nitrogens is 4. The maximum absolute atomic E-state index is 5.39. The number of imidazole rings is 1. The Hall–Kier alpha value is -1.88. The first kappa shape index (κ1) is 12.2. The molecule has 0 fully saturated rings. The molecule has 2 heterocycles. The number of rotatable bonds is 3. The number of aryl methyl sites for hydroxylation is 4. The molecule has 3 aromatic rings. The van der Waals surface area contributed by atoms with Gasteiger partial charge in [-0.25, -0.2) is 0 Å². The lowest BCUT2D eigenvalue weighted by molar-refractivity contribution is 0.537. The van der Waals surface area contributed by atoms with Crippen LogP contribution in [0, 0.1) is 18.6 Å². The highest BCUT2D eigenvalue weighted by Gasteiger charge is 2.04. The monoisotopic (exact) mass is 272 g/mol. The maximum Gasteiger partial charge on any atom is 0.178 e. The molecule has 0 unspecified atom stereocenters. The molecule has 0 amide bonds. The largest absolute Gasteiger partial charge is 0.331 e. The van der Waals surface area contributed by atoms with Crippen LogP contribution in [0.1, 0.15) is 11.1 Å². The normalized spacial score (nSPS) is 11.3. The molecule has 19 heavy (non-hydrogen) atoms. The Morgan fingerprint density at radius 1 is 1.21 bits per heavy atom. The van der Waals surface area contributed by atoms with Crippen LogP contribution in [0.3, 0.4) is 0 Å². The second kappa shape index (κ2) is 4.66. The highest BCUT2D eigenvalue weighted by molar-refractivity contribution is 7.71. The smallest absolute Gasteiger partial charge is 0.178 e. The average Bonchev–Trinajstić information content (AvgIpc) is 2.89. The summed E-state index contributed by atoms with van der Waals surface area (Å²) in [5.41, 5.74) is 4.66. The van der Waals surface area contributed by atoms with Crippen molar-refractivity contribution in [2.75, 3.05) is 0 Å². The van der Waals surface area contributed by atoms with E-state index in [-0.39, 0.29) is 0 Å². The highest BCUT2D eigenvalue weighted by atomic mass is 32.1. The number of H-pyrrole nitrogens is 1. The van der Waals surface area contributed by atoms with Crippen LogP contribution in [-0.4, -0.2) is 19.3 Å². The molecule has 0 aliphatic rings. The summed E-state index contributed by atoms with van der Waals surface area (Å²) in [5.74, 6) is 0. The summed E-state index contributed by atoms with van der Waals surface area (Å²) in [5, 5.41) is 4.30. The van der Waals surface area contributed by atoms with E-state index in [1.165, 1.54) is 11.1 Å². The lowest BCUT2D eigenvalue weighted by Crippen LogP contribution is -2.07. The number of hydrogen-bond donors (Lipinski definition) is 1. The molecule has 0 radical (unpaired) electrons. The number of hydrogen-bond acceptors (Lipinski definition) is 2. The maximum atomic E-state index is 5.39. The molecule has 3 rings (SSSR count). The predicted molar refractivity (Wildman–Crippen MR) is 78.8 cm³/mol. The minimum atomic E-state index is 0.768. The van der Waals surface area contributed by atoms with E-state index < -0.39 is 0 Å². The molecule has 98 valence electrons. The Morgan fingerprint density at radius 3 is 2.79 bits per heavy atom. The first-order valence-electron chi connectivity index (χ1n) is 6.32. The highest BCUT2D eigenvalue weighted by Crippen LogP contribution is 2.16. The molecular weight excluding hydrogens is 256 g/mol. The van der Waals surface area contributed by atoms with Gasteiger partial charge < -0.3 is 9.55 Å². The second-order valence-corrected chi connectivity index (χ2v) is 5.27. The molecule has 0 atom stereocenters. The van der Waals surface area contributed by atoms with Gasteiger partial charge in [-0.15, -0.1) is 0 Å². The molecule has 2 aromatic heterocycles. The van der Waals surface area contributed by atoms with Crippen LogP contribution in [0.5, 0.6) is 0 Å². The van der Waals surface area contributed by atoms with E-state index in [1.54, 1.807) is 0 Å². The SMILES string of the molecule is Cc1ccc2c(c1)[nH]c(=S)n2CCn1cc(C)cn1. The van der Waals surface area contributed by atoms with Crippen molar-refractivity contribution < 1.29 is 0 Å². The van der Waals surface area contributed by atoms with Crippen LogP contribution in [0.15, 0.2) is 30.6 Å². The van der Waals surface area contributed by atoms with Crippen molar-refractivity contribution in [3.8, 4) is 0 Å².